The maximum atomic E-state index is 12.6. The van der Waals surface area contributed by atoms with Gasteiger partial charge in [-0.25, -0.2) is 0 Å². The molecule has 8 heteroatoms. The Labute approximate surface area is 185 Å². The van der Waals surface area contributed by atoms with Gasteiger partial charge >= 0.3 is 6.18 Å². The Kier molecular flexibility index (Phi) is 7.77. The van der Waals surface area contributed by atoms with Gasteiger partial charge in [0, 0.05) is 24.7 Å². The van der Waals surface area contributed by atoms with Crippen LogP contribution in [0.2, 0.25) is 0 Å². The number of likely N-dealkylation sites (tertiary alicyclic amines) is 1. The number of nitrogens with zero attached hydrogens (tertiary/aromatic N) is 1. The molecule has 0 saturated carbocycles. The molecule has 3 rings (SSSR count). The van der Waals surface area contributed by atoms with Crippen molar-refractivity contribution in [3.63, 3.8) is 0 Å². The molecular weight excluding hydrogens is 421 g/mol. The number of carbonyl (C=O) groups is 2. The molecule has 5 nitrogen and oxygen atoms in total. The van der Waals surface area contributed by atoms with Crippen LogP contribution in [0, 0.1) is 0 Å². The first kappa shape index (κ1) is 23.6. The first-order chi connectivity index (χ1) is 15.3. The fourth-order valence-electron chi connectivity index (χ4n) is 3.63. The van der Waals surface area contributed by atoms with E-state index in [1.54, 1.807) is 4.90 Å². The lowest BCUT2D eigenvalue weighted by Gasteiger charge is -2.32. The van der Waals surface area contributed by atoms with Crippen molar-refractivity contribution in [3.05, 3.63) is 65.2 Å². The van der Waals surface area contributed by atoms with E-state index in [-0.39, 0.29) is 24.1 Å². The minimum Gasteiger partial charge on any atom is -0.484 e. The highest BCUT2D eigenvalue weighted by Gasteiger charge is 2.30. The van der Waals surface area contributed by atoms with Gasteiger partial charge in [0.2, 0.25) is 0 Å². The molecule has 0 atom stereocenters. The summed E-state index contributed by atoms with van der Waals surface area (Å²) < 4.78 is 43.5. The molecule has 0 aromatic heterocycles. The van der Waals surface area contributed by atoms with E-state index in [1.807, 2.05) is 24.3 Å². The van der Waals surface area contributed by atoms with Crippen molar-refractivity contribution in [1.29, 1.82) is 0 Å². The van der Waals surface area contributed by atoms with Gasteiger partial charge in [0.15, 0.2) is 6.61 Å². The number of aryl methyl sites for hydroxylation is 1. The summed E-state index contributed by atoms with van der Waals surface area (Å²) in [5, 5.41) is 2.84. The number of ether oxygens (including phenoxy) is 1. The average Bonchev–Trinajstić information content (AvgIpc) is 2.78. The number of alkyl halides is 3. The van der Waals surface area contributed by atoms with Crippen LogP contribution in [0.4, 0.5) is 13.2 Å². The zero-order valence-electron chi connectivity index (χ0n) is 18.0. The third-order valence-electron chi connectivity index (χ3n) is 5.48. The van der Waals surface area contributed by atoms with E-state index < -0.39 is 17.6 Å². The van der Waals surface area contributed by atoms with Crippen molar-refractivity contribution < 1.29 is 27.5 Å². The molecule has 2 amide bonds. The topological polar surface area (TPSA) is 58.6 Å². The number of hydrogen-bond acceptors (Lipinski definition) is 3. The predicted octanol–water partition coefficient (Wildman–Crippen LogP) is 4.46. The van der Waals surface area contributed by atoms with Gasteiger partial charge < -0.3 is 15.0 Å². The van der Waals surface area contributed by atoms with Crippen molar-refractivity contribution in [2.75, 3.05) is 19.7 Å². The highest BCUT2D eigenvalue weighted by molar-refractivity contribution is 5.94. The quantitative estimate of drug-likeness (QED) is 0.681. The fraction of sp³-hybridized carbons (Fsp3) is 0.417. The van der Waals surface area contributed by atoms with E-state index in [0.717, 1.165) is 25.0 Å². The summed E-state index contributed by atoms with van der Waals surface area (Å²) in [7, 11) is 0. The van der Waals surface area contributed by atoms with Gasteiger partial charge in [-0.05, 0) is 61.2 Å². The third-order valence-corrected chi connectivity index (χ3v) is 5.48. The number of hydrogen-bond donors (Lipinski definition) is 1. The minimum atomic E-state index is -4.43. The molecule has 32 heavy (non-hydrogen) atoms. The second-order valence-electron chi connectivity index (χ2n) is 7.89. The Hall–Kier alpha value is -3.03. The van der Waals surface area contributed by atoms with Crippen molar-refractivity contribution in [2.45, 2.75) is 44.8 Å². The number of nitrogens with one attached hydrogen (secondary N) is 1. The van der Waals surface area contributed by atoms with Crippen molar-refractivity contribution in [3.8, 4) is 5.75 Å². The lowest BCUT2D eigenvalue weighted by atomic mass is 10.0. The molecule has 0 radical (unpaired) electrons. The summed E-state index contributed by atoms with van der Waals surface area (Å²) >= 11 is 0. The highest BCUT2D eigenvalue weighted by atomic mass is 19.4. The van der Waals surface area contributed by atoms with Crippen LogP contribution in [-0.2, 0) is 17.4 Å². The van der Waals surface area contributed by atoms with E-state index in [9.17, 15) is 22.8 Å². The Balaban J connectivity index is 1.42. The fourth-order valence-corrected chi connectivity index (χ4v) is 3.63. The Bertz CT molecular complexity index is 904. The molecule has 0 unspecified atom stereocenters. The van der Waals surface area contributed by atoms with Crippen LogP contribution >= 0.6 is 0 Å². The van der Waals surface area contributed by atoms with E-state index in [0.29, 0.717) is 31.7 Å². The van der Waals surface area contributed by atoms with Crippen LogP contribution in [0.25, 0.3) is 0 Å². The molecule has 0 spiro atoms. The maximum absolute atomic E-state index is 12.6. The van der Waals surface area contributed by atoms with Gasteiger partial charge in [-0.15, -0.1) is 0 Å². The predicted molar refractivity (Wildman–Crippen MR) is 114 cm³/mol. The third kappa shape index (κ3) is 6.48. The number of carbonyl (C=O) groups excluding carboxylic acids is 2. The van der Waals surface area contributed by atoms with Gasteiger partial charge in [0.1, 0.15) is 5.75 Å². The Morgan fingerprint density at radius 2 is 1.66 bits per heavy atom. The second kappa shape index (κ2) is 10.5. The Morgan fingerprint density at radius 3 is 2.22 bits per heavy atom. The van der Waals surface area contributed by atoms with Crippen LogP contribution < -0.4 is 10.1 Å². The molecule has 0 bridgehead atoms. The first-order valence-corrected chi connectivity index (χ1v) is 10.7. The summed E-state index contributed by atoms with van der Waals surface area (Å²) in [6.07, 6.45) is -1.22. The largest absolute Gasteiger partial charge is 0.484 e. The van der Waals surface area contributed by atoms with Gasteiger partial charge in [-0.3, -0.25) is 9.59 Å². The Morgan fingerprint density at radius 1 is 1.03 bits per heavy atom. The molecule has 172 valence electrons. The summed E-state index contributed by atoms with van der Waals surface area (Å²) in [5.74, 6) is 0.116. The van der Waals surface area contributed by atoms with Crippen molar-refractivity contribution in [1.82, 2.24) is 10.2 Å². The number of halogens is 3. The molecule has 2 aromatic rings. The second-order valence-corrected chi connectivity index (χ2v) is 7.89. The van der Waals surface area contributed by atoms with Crippen LogP contribution in [0.3, 0.4) is 0 Å². The van der Waals surface area contributed by atoms with E-state index >= 15 is 0 Å². The smallest absolute Gasteiger partial charge is 0.416 e. The number of piperidine rings is 1. The minimum absolute atomic E-state index is 0.0459. The molecule has 1 aliphatic heterocycles. The van der Waals surface area contributed by atoms with Gasteiger partial charge in [0.25, 0.3) is 11.8 Å². The van der Waals surface area contributed by atoms with E-state index in [1.165, 1.54) is 17.7 Å². The summed E-state index contributed by atoms with van der Waals surface area (Å²) in [6, 6.07) is 11.7. The van der Waals surface area contributed by atoms with Crippen LogP contribution in [0.15, 0.2) is 48.5 Å². The molecule has 1 aliphatic rings. The van der Waals surface area contributed by atoms with Crippen LogP contribution in [-0.4, -0.2) is 42.5 Å². The van der Waals surface area contributed by atoms with Gasteiger partial charge in [-0.1, -0.05) is 25.5 Å². The van der Waals surface area contributed by atoms with Crippen LogP contribution in [0.1, 0.15) is 47.7 Å². The molecule has 1 N–H and O–H groups in total. The zero-order chi connectivity index (χ0) is 23.1. The van der Waals surface area contributed by atoms with E-state index in [2.05, 4.69) is 12.2 Å². The van der Waals surface area contributed by atoms with E-state index in [4.69, 9.17) is 4.74 Å². The molecular formula is C24H27F3N2O3. The van der Waals surface area contributed by atoms with Gasteiger partial charge in [0.05, 0.1) is 5.56 Å². The highest BCUT2D eigenvalue weighted by Crippen LogP contribution is 2.29. The SMILES string of the molecule is CCCc1ccc(OCC(=O)N2CCC(NC(=O)c3ccc(C(F)(F)F)cc3)CC2)cc1. The summed E-state index contributed by atoms with van der Waals surface area (Å²) in [5.41, 5.74) is 0.612. The summed E-state index contributed by atoms with van der Waals surface area (Å²) in [4.78, 5) is 26.4. The maximum Gasteiger partial charge on any atom is 0.416 e. The average molecular weight is 448 g/mol. The molecule has 1 saturated heterocycles. The lowest BCUT2D eigenvalue weighted by Crippen LogP contribution is -2.47. The molecule has 1 heterocycles. The monoisotopic (exact) mass is 448 g/mol. The van der Waals surface area contributed by atoms with Gasteiger partial charge in [-0.2, -0.15) is 13.2 Å². The lowest BCUT2D eigenvalue weighted by molar-refractivity contribution is -0.137. The van der Waals surface area contributed by atoms with Crippen LogP contribution in [0.5, 0.6) is 5.75 Å². The van der Waals surface area contributed by atoms with Crippen molar-refractivity contribution >= 4 is 11.8 Å². The number of amides is 2. The number of benzene rings is 2. The standard InChI is InChI=1S/C24H27F3N2O3/c1-2-3-17-4-10-21(11-5-17)32-16-22(30)29-14-12-20(13-15-29)28-23(31)18-6-8-19(9-7-18)24(25,26)27/h4-11,20H,2-3,12-16H2,1H3,(H,28,31). The van der Waals surface area contributed by atoms with Crippen molar-refractivity contribution in [2.24, 2.45) is 0 Å². The first-order valence-electron chi connectivity index (χ1n) is 10.7. The summed E-state index contributed by atoms with van der Waals surface area (Å²) in [6.45, 7) is 3.04. The molecule has 2 aromatic carbocycles. The molecule has 0 aliphatic carbocycles. The number of rotatable bonds is 7. The normalized spacial score (nSPS) is 14.8. The zero-order valence-corrected chi connectivity index (χ0v) is 18.0. The molecule has 1 fully saturated rings.